The standard InChI is InChI=1S/C22H23N5O4/c1-3-15(2)24-21(28)17-7-4-6-16(12-17)14-23-22(29)20-10-11-26(25-20)18-8-5-9-19(13-18)27(30)31/h4-13,15H,3,14H2,1-2H3,(H,23,29)(H,24,28). The van der Waals surface area contributed by atoms with Crippen LogP contribution in [0, 0.1) is 10.1 Å². The number of nitro groups is 1. The van der Waals surface area contributed by atoms with Gasteiger partial charge in [0.25, 0.3) is 17.5 Å². The molecule has 2 N–H and O–H groups in total. The van der Waals surface area contributed by atoms with Crippen LogP contribution in [0.25, 0.3) is 5.69 Å². The molecular formula is C22H23N5O4. The molecule has 0 saturated carbocycles. The summed E-state index contributed by atoms with van der Waals surface area (Å²) in [5, 5.41) is 20.8. The predicted octanol–water partition coefficient (Wildman–Crippen LogP) is 3.24. The number of carbonyl (C=O) groups is 2. The second-order valence-electron chi connectivity index (χ2n) is 7.09. The van der Waals surface area contributed by atoms with Gasteiger partial charge in [0, 0.05) is 36.5 Å². The Hall–Kier alpha value is -4.01. The number of amides is 2. The van der Waals surface area contributed by atoms with Crippen molar-refractivity contribution in [3.63, 3.8) is 0 Å². The Morgan fingerprint density at radius 1 is 1.13 bits per heavy atom. The molecule has 9 heteroatoms. The van der Waals surface area contributed by atoms with Crippen molar-refractivity contribution in [1.29, 1.82) is 0 Å². The Morgan fingerprint density at radius 3 is 2.65 bits per heavy atom. The van der Waals surface area contributed by atoms with Gasteiger partial charge in [-0.15, -0.1) is 0 Å². The molecule has 160 valence electrons. The molecule has 1 unspecified atom stereocenters. The number of carbonyl (C=O) groups excluding carboxylic acids is 2. The Balaban J connectivity index is 1.64. The number of hydrogen-bond donors (Lipinski definition) is 2. The molecule has 2 amide bonds. The Kier molecular flexibility index (Phi) is 6.76. The zero-order chi connectivity index (χ0) is 22.4. The van der Waals surface area contributed by atoms with Crippen molar-refractivity contribution in [3.8, 4) is 5.69 Å². The van der Waals surface area contributed by atoms with Gasteiger partial charge in [0.2, 0.25) is 0 Å². The summed E-state index contributed by atoms with van der Waals surface area (Å²) in [7, 11) is 0. The third-order valence-corrected chi connectivity index (χ3v) is 4.76. The van der Waals surface area contributed by atoms with Crippen LogP contribution in [0.4, 0.5) is 5.69 Å². The van der Waals surface area contributed by atoms with Crippen LogP contribution in [0.15, 0.2) is 60.8 Å². The highest BCUT2D eigenvalue weighted by molar-refractivity contribution is 5.94. The summed E-state index contributed by atoms with van der Waals surface area (Å²) in [4.78, 5) is 35.2. The van der Waals surface area contributed by atoms with E-state index in [9.17, 15) is 19.7 Å². The maximum atomic E-state index is 12.5. The van der Waals surface area contributed by atoms with Gasteiger partial charge in [0.05, 0.1) is 10.6 Å². The molecule has 0 bridgehead atoms. The van der Waals surface area contributed by atoms with Gasteiger partial charge in [-0.1, -0.05) is 25.1 Å². The minimum atomic E-state index is -0.488. The van der Waals surface area contributed by atoms with E-state index >= 15 is 0 Å². The molecule has 1 atom stereocenters. The molecule has 0 spiro atoms. The highest BCUT2D eigenvalue weighted by Gasteiger charge is 2.13. The van der Waals surface area contributed by atoms with Crippen molar-refractivity contribution in [2.24, 2.45) is 0 Å². The van der Waals surface area contributed by atoms with Gasteiger partial charge in [0.15, 0.2) is 5.69 Å². The van der Waals surface area contributed by atoms with Gasteiger partial charge in [-0.25, -0.2) is 4.68 Å². The van der Waals surface area contributed by atoms with Crippen molar-refractivity contribution in [2.75, 3.05) is 0 Å². The van der Waals surface area contributed by atoms with Gasteiger partial charge in [-0.3, -0.25) is 19.7 Å². The minimum Gasteiger partial charge on any atom is -0.350 e. The first-order valence-electron chi connectivity index (χ1n) is 9.86. The third-order valence-electron chi connectivity index (χ3n) is 4.76. The first-order chi connectivity index (χ1) is 14.9. The van der Waals surface area contributed by atoms with Crippen molar-refractivity contribution in [2.45, 2.75) is 32.9 Å². The summed E-state index contributed by atoms with van der Waals surface area (Å²) in [6.07, 6.45) is 2.40. The fourth-order valence-electron chi connectivity index (χ4n) is 2.84. The number of nitrogens with zero attached hydrogens (tertiary/aromatic N) is 3. The number of nitro benzene ring substituents is 1. The van der Waals surface area contributed by atoms with E-state index in [0.717, 1.165) is 12.0 Å². The molecule has 0 fully saturated rings. The molecule has 0 aliphatic carbocycles. The molecule has 31 heavy (non-hydrogen) atoms. The molecule has 0 aliphatic heterocycles. The van der Waals surface area contributed by atoms with Gasteiger partial charge in [-0.2, -0.15) is 5.10 Å². The minimum absolute atomic E-state index is 0.0590. The highest BCUT2D eigenvalue weighted by Crippen LogP contribution is 2.16. The van der Waals surface area contributed by atoms with E-state index in [-0.39, 0.29) is 29.9 Å². The molecule has 0 saturated heterocycles. The maximum Gasteiger partial charge on any atom is 0.272 e. The molecule has 0 aliphatic rings. The van der Waals surface area contributed by atoms with Gasteiger partial charge >= 0.3 is 0 Å². The molecule has 3 rings (SSSR count). The second-order valence-corrected chi connectivity index (χ2v) is 7.09. The quantitative estimate of drug-likeness (QED) is 0.427. The number of non-ortho nitro benzene ring substituents is 1. The maximum absolute atomic E-state index is 12.5. The van der Waals surface area contributed by atoms with Crippen molar-refractivity contribution >= 4 is 17.5 Å². The fraction of sp³-hybridized carbons (Fsp3) is 0.227. The molecule has 9 nitrogen and oxygen atoms in total. The lowest BCUT2D eigenvalue weighted by molar-refractivity contribution is -0.384. The average molecular weight is 421 g/mol. The zero-order valence-electron chi connectivity index (χ0n) is 17.2. The lowest BCUT2D eigenvalue weighted by Gasteiger charge is -2.12. The average Bonchev–Trinajstić information content (AvgIpc) is 3.28. The molecule has 0 radical (unpaired) electrons. The Bertz CT molecular complexity index is 1110. The van der Waals surface area contributed by atoms with E-state index in [2.05, 4.69) is 15.7 Å². The summed E-state index contributed by atoms with van der Waals surface area (Å²) >= 11 is 0. The Morgan fingerprint density at radius 2 is 1.90 bits per heavy atom. The largest absolute Gasteiger partial charge is 0.350 e. The molecule has 2 aromatic carbocycles. The third kappa shape index (κ3) is 5.53. The lowest BCUT2D eigenvalue weighted by Crippen LogP contribution is -2.32. The molecule has 1 aromatic heterocycles. The predicted molar refractivity (Wildman–Crippen MR) is 115 cm³/mol. The SMILES string of the molecule is CCC(C)NC(=O)c1cccc(CNC(=O)c2ccn(-c3cccc([N+](=O)[O-])c3)n2)c1. The summed E-state index contributed by atoms with van der Waals surface area (Å²) in [6, 6.07) is 14.6. The monoisotopic (exact) mass is 421 g/mol. The molecule has 1 heterocycles. The van der Waals surface area contributed by atoms with Crippen molar-refractivity contribution < 1.29 is 14.5 Å². The van der Waals surface area contributed by atoms with Crippen LogP contribution in [0.5, 0.6) is 0 Å². The van der Waals surface area contributed by atoms with Crippen LogP contribution in [-0.4, -0.2) is 32.6 Å². The summed E-state index contributed by atoms with van der Waals surface area (Å²) < 4.78 is 1.40. The summed E-state index contributed by atoms with van der Waals surface area (Å²) in [5.41, 5.74) is 1.91. The lowest BCUT2D eigenvalue weighted by atomic mass is 10.1. The molecular weight excluding hydrogens is 398 g/mol. The van der Waals surface area contributed by atoms with Gasteiger partial charge in [0.1, 0.15) is 0 Å². The zero-order valence-corrected chi connectivity index (χ0v) is 17.2. The second kappa shape index (κ2) is 9.66. The fourth-order valence-corrected chi connectivity index (χ4v) is 2.84. The highest BCUT2D eigenvalue weighted by atomic mass is 16.6. The van der Waals surface area contributed by atoms with E-state index in [4.69, 9.17) is 0 Å². The number of rotatable bonds is 8. The number of benzene rings is 2. The van der Waals surface area contributed by atoms with Crippen LogP contribution in [0.2, 0.25) is 0 Å². The van der Waals surface area contributed by atoms with E-state index in [1.54, 1.807) is 36.5 Å². The number of aromatic nitrogens is 2. The van der Waals surface area contributed by atoms with Crippen LogP contribution in [-0.2, 0) is 6.54 Å². The number of hydrogen-bond acceptors (Lipinski definition) is 5. The topological polar surface area (TPSA) is 119 Å². The number of nitrogens with one attached hydrogen (secondary N) is 2. The van der Waals surface area contributed by atoms with Gasteiger partial charge < -0.3 is 10.6 Å². The van der Waals surface area contributed by atoms with E-state index < -0.39 is 10.8 Å². The van der Waals surface area contributed by atoms with Crippen molar-refractivity contribution in [1.82, 2.24) is 20.4 Å². The van der Waals surface area contributed by atoms with E-state index in [1.165, 1.54) is 22.9 Å². The van der Waals surface area contributed by atoms with E-state index in [0.29, 0.717) is 11.3 Å². The van der Waals surface area contributed by atoms with Crippen LogP contribution in [0.3, 0.4) is 0 Å². The summed E-state index contributed by atoms with van der Waals surface area (Å²) in [6.45, 7) is 4.17. The van der Waals surface area contributed by atoms with Crippen molar-refractivity contribution in [3.05, 3.63) is 87.7 Å². The van der Waals surface area contributed by atoms with Crippen LogP contribution >= 0.6 is 0 Å². The first kappa shape index (κ1) is 21.7. The smallest absolute Gasteiger partial charge is 0.272 e. The van der Waals surface area contributed by atoms with Crippen LogP contribution < -0.4 is 10.6 Å². The first-order valence-corrected chi connectivity index (χ1v) is 9.86. The van der Waals surface area contributed by atoms with E-state index in [1.807, 2.05) is 19.9 Å². The van der Waals surface area contributed by atoms with Crippen LogP contribution in [0.1, 0.15) is 46.7 Å². The summed E-state index contributed by atoms with van der Waals surface area (Å²) in [5.74, 6) is -0.545. The Labute approximate surface area is 179 Å². The molecule has 3 aromatic rings. The van der Waals surface area contributed by atoms with Gasteiger partial charge in [-0.05, 0) is 43.2 Å². The normalized spacial score (nSPS) is 11.5.